The zero-order valence-corrected chi connectivity index (χ0v) is 13.0. The number of hydrogen-bond donors (Lipinski definition) is 2. The number of rotatable bonds is 4. The fourth-order valence-corrected chi connectivity index (χ4v) is 0.924. The second kappa shape index (κ2) is 9.92. The lowest BCUT2D eigenvalue weighted by Gasteiger charge is -2.20. The van der Waals surface area contributed by atoms with Gasteiger partial charge in [-0.25, -0.2) is 4.79 Å². The number of hydrogen-bond acceptors (Lipinski definition) is 2. The topological polar surface area (TPSA) is 58.2 Å². The van der Waals surface area contributed by atoms with Crippen molar-refractivity contribution in [3.05, 3.63) is 0 Å². The van der Waals surface area contributed by atoms with Gasteiger partial charge in [0.2, 0.25) is 0 Å². The summed E-state index contributed by atoms with van der Waals surface area (Å²) in [5.41, 5.74) is -0.218. The first-order valence-corrected chi connectivity index (χ1v) is 6.60. The normalized spacial score (nSPS) is 10.4. The Morgan fingerprint density at radius 3 is 1.89 bits per heavy atom. The van der Waals surface area contributed by atoms with E-state index < -0.39 is 0 Å². The first-order valence-electron chi connectivity index (χ1n) is 6.60. The molecule has 2 amide bonds. The van der Waals surface area contributed by atoms with Crippen LogP contribution >= 0.6 is 0 Å². The van der Waals surface area contributed by atoms with E-state index in [0.29, 0.717) is 19.4 Å². The number of nitrogens with one attached hydrogen (secondary N) is 2. The molecule has 4 heteroatoms. The molecule has 4 nitrogen and oxygen atoms in total. The first kappa shape index (κ1) is 19.3. The van der Waals surface area contributed by atoms with Crippen molar-refractivity contribution in [2.75, 3.05) is 6.54 Å². The fourth-order valence-electron chi connectivity index (χ4n) is 0.924. The van der Waals surface area contributed by atoms with Gasteiger partial charge in [-0.05, 0) is 40.0 Å². The highest BCUT2D eigenvalue weighted by Gasteiger charge is 2.12. The Morgan fingerprint density at radius 1 is 1.11 bits per heavy atom. The van der Waals surface area contributed by atoms with E-state index in [9.17, 15) is 9.59 Å². The van der Waals surface area contributed by atoms with Crippen LogP contribution in [-0.2, 0) is 4.79 Å². The molecule has 0 unspecified atom stereocenters. The van der Waals surface area contributed by atoms with Gasteiger partial charge in [0.25, 0.3) is 0 Å². The molecule has 0 atom stereocenters. The Labute approximate surface area is 112 Å². The van der Waals surface area contributed by atoms with Crippen molar-refractivity contribution in [1.29, 1.82) is 0 Å². The monoisotopic (exact) mass is 258 g/mol. The van der Waals surface area contributed by atoms with Gasteiger partial charge >= 0.3 is 6.03 Å². The standard InChI is InChI=1S/C10H20N2O2.C4H10/c1-8(13)6-5-7-11-9(14)12-10(2,3)4;1-4(2)3/h5-7H2,1-4H3,(H2,11,12,14);4H,1-3H3. The summed E-state index contributed by atoms with van der Waals surface area (Å²) in [5, 5.41) is 5.46. The van der Waals surface area contributed by atoms with E-state index in [-0.39, 0.29) is 17.4 Å². The van der Waals surface area contributed by atoms with Crippen LogP contribution in [0.1, 0.15) is 61.3 Å². The maximum Gasteiger partial charge on any atom is 0.315 e. The van der Waals surface area contributed by atoms with Crippen molar-refractivity contribution in [2.24, 2.45) is 5.92 Å². The zero-order chi connectivity index (χ0) is 14.8. The molecule has 0 rings (SSSR count). The molecule has 2 N–H and O–H groups in total. The van der Waals surface area contributed by atoms with Crippen LogP contribution in [0.3, 0.4) is 0 Å². The van der Waals surface area contributed by atoms with Gasteiger partial charge in [0.15, 0.2) is 0 Å². The van der Waals surface area contributed by atoms with Gasteiger partial charge < -0.3 is 15.4 Å². The van der Waals surface area contributed by atoms with Gasteiger partial charge in [-0.3, -0.25) is 0 Å². The van der Waals surface area contributed by atoms with E-state index in [0.717, 1.165) is 5.92 Å². The first-order chi connectivity index (χ1) is 8.04. The molecule has 0 aliphatic rings. The van der Waals surface area contributed by atoms with E-state index >= 15 is 0 Å². The van der Waals surface area contributed by atoms with E-state index in [2.05, 4.69) is 31.4 Å². The van der Waals surface area contributed by atoms with Crippen molar-refractivity contribution in [3.63, 3.8) is 0 Å². The SMILES string of the molecule is CC(=O)CCCNC(=O)NC(C)(C)C.CC(C)C. The second-order valence-corrected chi connectivity index (χ2v) is 6.17. The lowest BCUT2D eigenvalue weighted by atomic mass is 10.1. The summed E-state index contributed by atoms with van der Waals surface area (Å²) in [6, 6.07) is -0.180. The zero-order valence-electron chi connectivity index (χ0n) is 13.0. The molecule has 0 aromatic heterocycles. The number of Topliss-reactive ketones (excluding diaryl/α,β-unsaturated/α-hetero) is 1. The third kappa shape index (κ3) is 24.3. The van der Waals surface area contributed by atoms with Crippen LogP contribution in [0.15, 0.2) is 0 Å². The molecule has 0 radical (unpaired) electrons. The van der Waals surface area contributed by atoms with Crippen molar-refractivity contribution in [1.82, 2.24) is 10.6 Å². The molecule has 0 aliphatic carbocycles. The highest BCUT2D eigenvalue weighted by atomic mass is 16.2. The third-order valence-corrected chi connectivity index (χ3v) is 1.48. The van der Waals surface area contributed by atoms with Crippen molar-refractivity contribution >= 4 is 11.8 Å². The Bertz CT molecular complexity index is 240. The van der Waals surface area contributed by atoms with Gasteiger partial charge in [-0.2, -0.15) is 0 Å². The lowest BCUT2D eigenvalue weighted by Crippen LogP contribution is -2.46. The minimum atomic E-state index is -0.218. The smallest absolute Gasteiger partial charge is 0.315 e. The molecule has 108 valence electrons. The van der Waals surface area contributed by atoms with Crippen molar-refractivity contribution < 1.29 is 9.59 Å². The summed E-state index contributed by atoms with van der Waals surface area (Å²) in [6.45, 7) is 14.4. The summed E-state index contributed by atoms with van der Waals surface area (Å²) in [6.07, 6.45) is 1.22. The van der Waals surface area contributed by atoms with E-state index in [1.165, 1.54) is 0 Å². The van der Waals surface area contributed by atoms with E-state index in [1.54, 1.807) is 6.92 Å². The highest BCUT2D eigenvalue weighted by molar-refractivity contribution is 5.76. The Hall–Kier alpha value is -1.06. The van der Waals surface area contributed by atoms with Gasteiger partial charge in [0.1, 0.15) is 5.78 Å². The number of ketones is 1. The molecule has 18 heavy (non-hydrogen) atoms. The van der Waals surface area contributed by atoms with E-state index in [4.69, 9.17) is 0 Å². The molecule has 0 saturated heterocycles. The average molecular weight is 258 g/mol. The summed E-state index contributed by atoms with van der Waals surface area (Å²) in [4.78, 5) is 21.8. The number of amides is 2. The summed E-state index contributed by atoms with van der Waals surface area (Å²) in [7, 11) is 0. The Kier molecular flexibility index (Phi) is 10.6. The molecule has 0 spiro atoms. The molecular formula is C14H30N2O2. The second-order valence-electron chi connectivity index (χ2n) is 6.17. The van der Waals surface area contributed by atoms with Crippen LogP contribution in [0.25, 0.3) is 0 Å². The maximum absolute atomic E-state index is 11.2. The van der Waals surface area contributed by atoms with Gasteiger partial charge in [-0.1, -0.05) is 20.8 Å². The lowest BCUT2D eigenvalue weighted by molar-refractivity contribution is -0.117. The molecule has 0 aromatic rings. The van der Waals surface area contributed by atoms with Crippen molar-refractivity contribution in [3.8, 4) is 0 Å². The van der Waals surface area contributed by atoms with Crippen LogP contribution in [0.2, 0.25) is 0 Å². The molecular weight excluding hydrogens is 228 g/mol. The number of urea groups is 1. The number of carbonyl (C=O) groups is 2. The fraction of sp³-hybridized carbons (Fsp3) is 0.857. The minimum Gasteiger partial charge on any atom is -0.338 e. The Morgan fingerprint density at radius 2 is 1.56 bits per heavy atom. The predicted molar refractivity (Wildman–Crippen MR) is 76.7 cm³/mol. The highest BCUT2D eigenvalue weighted by Crippen LogP contribution is 1.97. The number of carbonyl (C=O) groups excluding carboxylic acids is 2. The predicted octanol–water partition coefficient (Wildman–Crippen LogP) is 3.12. The van der Waals surface area contributed by atoms with E-state index in [1.807, 2.05) is 20.8 Å². The molecule has 0 aromatic carbocycles. The summed E-state index contributed by atoms with van der Waals surface area (Å²) in [5.74, 6) is 0.989. The molecule has 0 saturated carbocycles. The molecule has 0 heterocycles. The van der Waals surface area contributed by atoms with Crippen LogP contribution in [0, 0.1) is 5.92 Å². The Balaban J connectivity index is 0. The summed E-state index contributed by atoms with van der Waals surface area (Å²) >= 11 is 0. The van der Waals surface area contributed by atoms with Gasteiger partial charge in [-0.15, -0.1) is 0 Å². The maximum atomic E-state index is 11.2. The van der Waals surface area contributed by atoms with Gasteiger partial charge in [0.05, 0.1) is 0 Å². The van der Waals surface area contributed by atoms with Gasteiger partial charge in [0, 0.05) is 18.5 Å². The molecule has 0 bridgehead atoms. The minimum absolute atomic E-state index is 0.156. The van der Waals surface area contributed by atoms with Crippen LogP contribution < -0.4 is 10.6 Å². The molecule has 0 aliphatic heterocycles. The average Bonchev–Trinajstić information content (AvgIpc) is 2.08. The van der Waals surface area contributed by atoms with Crippen LogP contribution in [0.5, 0.6) is 0 Å². The largest absolute Gasteiger partial charge is 0.338 e. The summed E-state index contributed by atoms with van der Waals surface area (Å²) < 4.78 is 0. The molecule has 0 fully saturated rings. The quantitative estimate of drug-likeness (QED) is 0.761. The third-order valence-electron chi connectivity index (χ3n) is 1.48. The van der Waals surface area contributed by atoms with Crippen LogP contribution in [-0.4, -0.2) is 23.9 Å². The van der Waals surface area contributed by atoms with Crippen molar-refractivity contribution in [2.45, 2.75) is 66.8 Å². The van der Waals surface area contributed by atoms with Crippen LogP contribution in [0.4, 0.5) is 4.79 Å².